The van der Waals surface area contributed by atoms with E-state index >= 15 is 0 Å². The highest BCUT2D eigenvalue weighted by atomic mass is 19.4. The number of likely N-dealkylation sites (tertiary alicyclic amines) is 1. The van der Waals surface area contributed by atoms with Gasteiger partial charge in [0.15, 0.2) is 0 Å². The van der Waals surface area contributed by atoms with Crippen LogP contribution < -0.4 is 10.7 Å². The number of nitrogens with zero attached hydrogens (tertiary/aromatic N) is 3. The van der Waals surface area contributed by atoms with Crippen LogP contribution in [-0.2, 0) is 17.4 Å². The van der Waals surface area contributed by atoms with Crippen LogP contribution >= 0.6 is 0 Å². The van der Waals surface area contributed by atoms with Gasteiger partial charge in [0, 0.05) is 24.0 Å². The molecule has 2 atom stereocenters. The Kier molecular flexibility index (Phi) is 6.73. The number of amides is 1. The van der Waals surface area contributed by atoms with Crippen molar-refractivity contribution in [2.24, 2.45) is 5.92 Å². The molecule has 2 heterocycles. The van der Waals surface area contributed by atoms with Gasteiger partial charge in [-0.3, -0.25) is 14.3 Å². The van der Waals surface area contributed by atoms with Gasteiger partial charge in [-0.2, -0.15) is 18.3 Å². The van der Waals surface area contributed by atoms with Crippen molar-refractivity contribution in [2.45, 2.75) is 58.8 Å². The van der Waals surface area contributed by atoms with Crippen molar-refractivity contribution in [3.8, 4) is 0 Å². The van der Waals surface area contributed by atoms with E-state index in [2.05, 4.69) is 29.2 Å². The maximum Gasteiger partial charge on any atom is 0.416 e. The van der Waals surface area contributed by atoms with Gasteiger partial charge in [-0.25, -0.2) is 0 Å². The molecular weight excluding hydrogens is 409 g/mol. The minimum Gasteiger partial charge on any atom is -0.351 e. The standard InChI is InChI=1S/C22H29F3N4O2/c1-5-28-9-8-14(4)18(12-28)26-20(30)11-17-21(31)16-7-6-15(22(23,24)25)10-19(16)29(27-17)13(2)3/h6-7,10,13-14,18H,5,8-9,11-12H2,1-4H3,(H,26,30). The molecule has 1 N–H and O–H groups in total. The first-order chi connectivity index (χ1) is 14.5. The number of hydrogen-bond donors (Lipinski definition) is 1. The summed E-state index contributed by atoms with van der Waals surface area (Å²) in [6.07, 6.45) is -3.75. The first kappa shape index (κ1) is 23.2. The number of rotatable bonds is 5. The molecular formula is C22H29F3N4O2. The molecule has 1 aromatic carbocycles. The topological polar surface area (TPSA) is 67.2 Å². The number of hydrogen-bond acceptors (Lipinski definition) is 4. The molecule has 0 saturated carbocycles. The fourth-order valence-corrected chi connectivity index (χ4v) is 4.01. The molecule has 0 radical (unpaired) electrons. The minimum atomic E-state index is -4.52. The molecule has 1 aromatic heterocycles. The van der Waals surface area contributed by atoms with E-state index in [-0.39, 0.29) is 41.0 Å². The van der Waals surface area contributed by atoms with Crippen LogP contribution in [0.1, 0.15) is 51.4 Å². The molecule has 1 aliphatic rings. The van der Waals surface area contributed by atoms with Crippen LogP contribution in [0.25, 0.3) is 10.9 Å². The van der Waals surface area contributed by atoms with Crippen LogP contribution in [0.15, 0.2) is 23.0 Å². The lowest BCUT2D eigenvalue weighted by atomic mass is 9.93. The molecule has 2 aromatic rings. The van der Waals surface area contributed by atoms with E-state index in [4.69, 9.17) is 0 Å². The average Bonchev–Trinajstić information content (AvgIpc) is 2.70. The molecule has 0 aliphatic carbocycles. The number of nitrogens with one attached hydrogen (secondary N) is 1. The van der Waals surface area contributed by atoms with E-state index in [1.165, 1.54) is 10.7 Å². The van der Waals surface area contributed by atoms with Gasteiger partial charge in [0.25, 0.3) is 0 Å². The zero-order valence-corrected chi connectivity index (χ0v) is 18.3. The third kappa shape index (κ3) is 5.08. The van der Waals surface area contributed by atoms with Crippen LogP contribution in [0.4, 0.5) is 13.2 Å². The molecule has 1 fully saturated rings. The highest BCUT2D eigenvalue weighted by Gasteiger charge is 2.31. The fraction of sp³-hybridized carbons (Fsp3) is 0.591. The quantitative estimate of drug-likeness (QED) is 0.777. The zero-order chi connectivity index (χ0) is 22.9. The normalized spacial score (nSPS) is 20.4. The summed E-state index contributed by atoms with van der Waals surface area (Å²) in [4.78, 5) is 27.9. The molecule has 3 rings (SSSR count). The smallest absolute Gasteiger partial charge is 0.351 e. The molecule has 0 bridgehead atoms. The van der Waals surface area contributed by atoms with Gasteiger partial charge in [0.1, 0.15) is 5.69 Å². The van der Waals surface area contributed by atoms with Gasteiger partial charge in [0.05, 0.1) is 17.5 Å². The maximum absolute atomic E-state index is 13.1. The lowest BCUT2D eigenvalue weighted by Gasteiger charge is -2.36. The second-order valence-electron chi connectivity index (χ2n) is 8.55. The second-order valence-corrected chi connectivity index (χ2v) is 8.55. The molecule has 6 nitrogen and oxygen atoms in total. The predicted molar refractivity (Wildman–Crippen MR) is 113 cm³/mol. The van der Waals surface area contributed by atoms with Gasteiger partial charge in [-0.1, -0.05) is 13.8 Å². The SMILES string of the molecule is CCN1CCC(C)C(NC(=O)Cc2nn(C(C)C)c3cc(C(F)(F)F)ccc3c2=O)C1. The van der Waals surface area contributed by atoms with Crippen LogP contribution in [-0.4, -0.2) is 46.3 Å². The number of halogens is 3. The van der Waals surface area contributed by atoms with Crippen molar-refractivity contribution in [3.63, 3.8) is 0 Å². The van der Waals surface area contributed by atoms with Crippen LogP contribution in [0.5, 0.6) is 0 Å². The van der Waals surface area contributed by atoms with Gasteiger partial charge < -0.3 is 10.2 Å². The van der Waals surface area contributed by atoms with Gasteiger partial charge in [-0.05, 0) is 57.5 Å². The first-order valence-corrected chi connectivity index (χ1v) is 10.7. The molecule has 9 heteroatoms. The summed E-state index contributed by atoms with van der Waals surface area (Å²) >= 11 is 0. The summed E-state index contributed by atoms with van der Waals surface area (Å²) < 4.78 is 40.8. The van der Waals surface area contributed by atoms with Crippen molar-refractivity contribution in [1.29, 1.82) is 0 Å². The Morgan fingerprint density at radius 1 is 1.32 bits per heavy atom. The summed E-state index contributed by atoms with van der Waals surface area (Å²) in [6.45, 7) is 10.4. The average molecular weight is 438 g/mol. The van der Waals surface area contributed by atoms with Crippen molar-refractivity contribution in [1.82, 2.24) is 20.0 Å². The largest absolute Gasteiger partial charge is 0.416 e. The minimum absolute atomic E-state index is 0.0108. The summed E-state index contributed by atoms with van der Waals surface area (Å²) in [5, 5.41) is 7.42. The lowest BCUT2D eigenvalue weighted by Crippen LogP contribution is -2.52. The lowest BCUT2D eigenvalue weighted by molar-refractivity contribution is -0.137. The van der Waals surface area contributed by atoms with E-state index in [0.717, 1.165) is 38.2 Å². The molecule has 1 amide bonds. The summed E-state index contributed by atoms with van der Waals surface area (Å²) in [7, 11) is 0. The van der Waals surface area contributed by atoms with Crippen molar-refractivity contribution < 1.29 is 18.0 Å². The summed E-state index contributed by atoms with van der Waals surface area (Å²) in [5.41, 5.74) is -1.21. The number of likely N-dealkylation sites (N-methyl/N-ethyl adjacent to an activating group) is 1. The number of aromatic nitrogens is 2. The maximum atomic E-state index is 13.1. The van der Waals surface area contributed by atoms with Crippen molar-refractivity contribution in [2.75, 3.05) is 19.6 Å². The monoisotopic (exact) mass is 438 g/mol. The molecule has 0 spiro atoms. The third-order valence-corrected chi connectivity index (χ3v) is 5.96. The van der Waals surface area contributed by atoms with Gasteiger partial charge in [0.2, 0.25) is 11.3 Å². The molecule has 1 saturated heterocycles. The highest BCUT2D eigenvalue weighted by molar-refractivity contribution is 5.82. The Labute approximate surface area is 179 Å². The Hall–Kier alpha value is -2.42. The van der Waals surface area contributed by atoms with E-state index in [0.29, 0.717) is 5.92 Å². The van der Waals surface area contributed by atoms with Crippen LogP contribution in [0.2, 0.25) is 0 Å². The fourth-order valence-electron chi connectivity index (χ4n) is 4.01. The Morgan fingerprint density at radius 3 is 2.65 bits per heavy atom. The molecule has 31 heavy (non-hydrogen) atoms. The van der Waals surface area contributed by atoms with E-state index in [9.17, 15) is 22.8 Å². The number of alkyl halides is 3. The van der Waals surface area contributed by atoms with E-state index in [1.54, 1.807) is 13.8 Å². The summed E-state index contributed by atoms with van der Waals surface area (Å²) in [6, 6.07) is 2.70. The van der Waals surface area contributed by atoms with Crippen LogP contribution in [0.3, 0.4) is 0 Å². The molecule has 170 valence electrons. The summed E-state index contributed by atoms with van der Waals surface area (Å²) in [5.74, 6) is 0.0189. The Morgan fingerprint density at radius 2 is 2.03 bits per heavy atom. The first-order valence-electron chi connectivity index (χ1n) is 10.7. The molecule has 2 unspecified atom stereocenters. The number of carbonyl (C=O) groups excluding carboxylic acids is 1. The van der Waals surface area contributed by atoms with Gasteiger partial charge >= 0.3 is 6.18 Å². The highest BCUT2D eigenvalue weighted by Crippen LogP contribution is 2.31. The van der Waals surface area contributed by atoms with Crippen molar-refractivity contribution in [3.05, 3.63) is 39.7 Å². The zero-order valence-electron chi connectivity index (χ0n) is 18.3. The number of benzene rings is 1. The number of piperidine rings is 1. The predicted octanol–water partition coefficient (Wildman–Crippen LogP) is 3.39. The Balaban J connectivity index is 1.91. The third-order valence-electron chi connectivity index (χ3n) is 5.96. The van der Waals surface area contributed by atoms with Gasteiger partial charge in [-0.15, -0.1) is 0 Å². The van der Waals surface area contributed by atoms with Crippen molar-refractivity contribution >= 4 is 16.8 Å². The van der Waals surface area contributed by atoms with Crippen LogP contribution in [0, 0.1) is 5.92 Å². The van der Waals surface area contributed by atoms with E-state index in [1.807, 2.05) is 0 Å². The Bertz CT molecular complexity index is 1020. The number of fused-ring (bicyclic) bond motifs is 1. The van der Waals surface area contributed by atoms with E-state index < -0.39 is 17.2 Å². The second kappa shape index (κ2) is 8.98. The molecule has 1 aliphatic heterocycles. The number of carbonyl (C=O) groups is 1.